The van der Waals surface area contributed by atoms with Gasteiger partial charge in [0.25, 0.3) is 5.91 Å². The van der Waals surface area contributed by atoms with E-state index in [1.807, 2.05) is 13.0 Å². The van der Waals surface area contributed by atoms with Crippen molar-refractivity contribution in [2.45, 2.75) is 19.4 Å². The summed E-state index contributed by atoms with van der Waals surface area (Å²) in [5, 5.41) is 12.4. The molecule has 0 aliphatic heterocycles. The lowest BCUT2D eigenvalue weighted by Crippen LogP contribution is -2.30. The maximum Gasteiger partial charge on any atom is 0.305 e. The molecule has 0 aliphatic carbocycles. The fraction of sp³-hybridized carbons (Fsp3) is 0.176. The van der Waals surface area contributed by atoms with E-state index in [1.54, 1.807) is 42.5 Å². The molecular formula is C17H16ClNO3. The van der Waals surface area contributed by atoms with E-state index in [4.69, 9.17) is 16.7 Å². The zero-order valence-corrected chi connectivity index (χ0v) is 12.8. The van der Waals surface area contributed by atoms with Gasteiger partial charge in [0.1, 0.15) is 0 Å². The molecule has 1 amide bonds. The zero-order chi connectivity index (χ0) is 16.1. The van der Waals surface area contributed by atoms with Crippen molar-refractivity contribution in [1.82, 2.24) is 5.32 Å². The van der Waals surface area contributed by atoms with E-state index in [2.05, 4.69) is 5.32 Å². The molecule has 0 saturated heterocycles. The fourth-order valence-electron chi connectivity index (χ4n) is 2.15. The Labute approximate surface area is 133 Å². The molecule has 114 valence electrons. The van der Waals surface area contributed by atoms with Crippen molar-refractivity contribution >= 4 is 23.5 Å². The largest absolute Gasteiger partial charge is 0.481 e. The van der Waals surface area contributed by atoms with Crippen LogP contribution in [0.2, 0.25) is 5.02 Å². The summed E-state index contributed by atoms with van der Waals surface area (Å²) in [6, 6.07) is 13.3. The SMILES string of the molecule is Cc1cccc(C(=O)NC(CC(=O)O)c2ccc(Cl)cc2)c1. The molecule has 0 aliphatic rings. The average molecular weight is 318 g/mol. The van der Waals surface area contributed by atoms with E-state index >= 15 is 0 Å². The number of carbonyl (C=O) groups is 2. The number of carboxylic acid groups (broad SMARTS) is 1. The molecule has 2 rings (SSSR count). The van der Waals surface area contributed by atoms with Crippen LogP contribution in [-0.4, -0.2) is 17.0 Å². The minimum absolute atomic E-state index is 0.195. The lowest BCUT2D eigenvalue weighted by Gasteiger charge is -2.18. The minimum Gasteiger partial charge on any atom is -0.481 e. The Hall–Kier alpha value is -2.33. The van der Waals surface area contributed by atoms with Gasteiger partial charge in [-0.25, -0.2) is 0 Å². The second-order valence-corrected chi connectivity index (χ2v) is 5.48. The third-order valence-corrected chi connectivity index (χ3v) is 3.49. The highest BCUT2D eigenvalue weighted by Crippen LogP contribution is 2.20. The van der Waals surface area contributed by atoms with Gasteiger partial charge in [-0.2, -0.15) is 0 Å². The maximum absolute atomic E-state index is 12.3. The van der Waals surface area contributed by atoms with E-state index < -0.39 is 12.0 Å². The summed E-state index contributed by atoms with van der Waals surface area (Å²) in [6.07, 6.45) is -0.195. The number of halogens is 1. The molecule has 1 unspecified atom stereocenters. The first-order valence-electron chi connectivity index (χ1n) is 6.80. The number of hydrogen-bond acceptors (Lipinski definition) is 2. The summed E-state index contributed by atoms with van der Waals surface area (Å²) in [5.41, 5.74) is 2.17. The van der Waals surface area contributed by atoms with Crippen LogP contribution < -0.4 is 5.32 Å². The molecule has 1 atom stereocenters. The quantitative estimate of drug-likeness (QED) is 0.885. The summed E-state index contributed by atoms with van der Waals surface area (Å²) in [6.45, 7) is 1.89. The average Bonchev–Trinajstić information content (AvgIpc) is 2.47. The highest BCUT2D eigenvalue weighted by atomic mass is 35.5. The second kappa shape index (κ2) is 7.09. The molecule has 22 heavy (non-hydrogen) atoms. The monoisotopic (exact) mass is 317 g/mol. The number of nitrogens with one attached hydrogen (secondary N) is 1. The van der Waals surface area contributed by atoms with Crippen molar-refractivity contribution < 1.29 is 14.7 Å². The lowest BCUT2D eigenvalue weighted by molar-refractivity contribution is -0.137. The van der Waals surface area contributed by atoms with Crippen molar-refractivity contribution in [2.24, 2.45) is 0 Å². The van der Waals surface area contributed by atoms with Crippen molar-refractivity contribution in [1.29, 1.82) is 0 Å². The van der Waals surface area contributed by atoms with E-state index in [9.17, 15) is 9.59 Å². The molecule has 2 aromatic rings. The van der Waals surface area contributed by atoms with Gasteiger partial charge >= 0.3 is 5.97 Å². The molecule has 5 heteroatoms. The van der Waals surface area contributed by atoms with Gasteiger partial charge in [-0.05, 0) is 36.8 Å². The molecule has 0 bridgehead atoms. The number of hydrogen-bond donors (Lipinski definition) is 2. The van der Waals surface area contributed by atoms with Gasteiger partial charge in [-0.15, -0.1) is 0 Å². The Bertz CT molecular complexity index is 683. The summed E-state index contributed by atoms with van der Waals surface area (Å²) in [5.74, 6) is -1.28. The summed E-state index contributed by atoms with van der Waals surface area (Å²) < 4.78 is 0. The maximum atomic E-state index is 12.3. The van der Waals surface area contributed by atoms with Crippen molar-refractivity contribution in [3.05, 3.63) is 70.2 Å². The van der Waals surface area contributed by atoms with Gasteiger partial charge in [-0.1, -0.05) is 41.4 Å². The molecule has 2 N–H and O–H groups in total. The third kappa shape index (κ3) is 4.33. The summed E-state index contributed by atoms with van der Waals surface area (Å²) in [4.78, 5) is 23.3. The predicted octanol–water partition coefficient (Wildman–Crippen LogP) is 3.59. The van der Waals surface area contributed by atoms with E-state index in [-0.39, 0.29) is 12.3 Å². The number of aliphatic carboxylic acids is 1. The number of carboxylic acids is 1. The Morgan fingerprint density at radius 2 is 1.86 bits per heavy atom. The third-order valence-electron chi connectivity index (χ3n) is 3.24. The van der Waals surface area contributed by atoms with Crippen LogP contribution in [-0.2, 0) is 4.79 Å². The van der Waals surface area contributed by atoms with E-state index in [1.165, 1.54) is 0 Å². The number of benzene rings is 2. The highest BCUT2D eigenvalue weighted by Gasteiger charge is 2.19. The number of rotatable bonds is 5. The van der Waals surface area contributed by atoms with Crippen LogP contribution in [0.1, 0.15) is 33.9 Å². The first-order valence-corrected chi connectivity index (χ1v) is 7.18. The molecule has 0 spiro atoms. The van der Waals surface area contributed by atoms with Crippen LogP contribution in [0.3, 0.4) is 0 Å². The zero-order valence-electron chi connectivity index (χ0n) is 12.0. The Morgan fingerprint density at radius 1 is 1.18 bits per heavy atom. The Morgan fingerprint density at radius 3 is 2.45 bits per heavy atom. The van der Waals surface area contributed by atoms with E-state index in [0.717, 1.165) is 5.56 Å². The molecule has 0 radical (unpaired) electrons. The predicted molar refractivity (Wildman–Crippen MR) is 85.1 cm³/mol. The molecule has 0 aromatic heterocycles. The van der Waals surface area contributed by atoms with Crippen LogP contribution in [0.15, 0.2) is 48.5 Å². The Kier molecular flexibility index (Phi) is 5.17. The molecule has 2 aromatic carbocycles. The van der Waals surface area contributed by atoms with Gasteiger partial charge in [0.15, 0.2) is 0 Å². The molecular weight excluding hydrogens is 302 g/mol. The van der Waals surface area contributed by atoms with Crippen molar-refractivity contribution in [3.63, 3.8) is 0 Å². The van der Waals surface area contributed by atoms with Crippen LogP contribution in [0.25, 0.3) is 0 Å². The lowest BCUT2D eigenvalue weighted by atomic mass is 10.0. The van der Waals surface area contributed by atoms with Crippen molar-refractivity contribution in [2.75, 3.05) is 0 Å². The number of amides is 1. The van der Waals surface area contributed by atoms with Crippen LogP contribution in [0, 0.1) is 6.92 Å². The smallest absolute Gasteiger partial charge is 0.305 e. The first kappa shape index (κ1) is 16.0. The van der Waals surface area contributed by atoms with Crippen LogP contribution in [0.4, 0.5) is 0 Å². The Balaban J connectivity index is 2.21. The fourth-order valence-corrected chi connectivity index (χ4v) is 2.28. The van der Waals surface area contributed by atoms with Crippen molar-refractivity contribution in [3.8, 4) is 0 Å². The molecule has 0 saturated carbocycles. The van der Waals surface area contributed by atoms with Gasteiger partial charge in [0.2, 0.25) is 0 Å². The molecule has 0 fully saturated rings. The minimum atomic E-state index is -0.982. The van der Waals surface area contributed by atoms with Crippen LogP contribution in [0.5, 0.6) is 0 Å². The van der Waals surface area contributed by atoms with Crippen LogP contribution >= 0.6 is 11.6 Å². The number of aryl methyl sites for hydroxylation is 1. The molecule has 0 heterocycles. The highest BCUT2D eigenvalue weighted by molar-refractivity contribution is 6.30. The topological polar surface area (TPSA) is 66.4 Å². The van der Waals surface area contributed by atoms with Gasteiger partial charge in [0.05, 0.1) is 12.5 Å². The van der Waals surface area contributed by atoms with E-state index in [0.29, 0.717) is 16.1 Å². The second-order valence-electron chi connectivity index (χ2n) is 5.04. The molecule has 4 nitrogen and oxygen atoms in total. The summed E-state index contributed by atoms with van der Waals surface area (Å²) >= 11 is 5.84. The van der Waals surface area contributed by atoms with Gasteiger partial charge < -0.3 is 10.4 Å². The number of carbonyl (C=O) groups excluding carboxylic acids is 1. The standard InChI is InChI=1S/C17H16ClNO3/c1-11-3-2-4-13(9-11)17(22)19-15(10-16(20)21)12-5-7-14(18)8-6-12/h2-9,15H,10H2,1H3,(H,19,22)(H,20,21). The summed E-state index contributed by atoms with van der Waals surface area (Å²) in [7, 11) is 0. The normalized spacial score (nSPS) is 11.7. The first-order chi connectivity index (χ1) is 10.5. The van der Waals surface area contributed by atoms with Gasteiger partial charge in [0, 0.05) is 10.6 Å². The van der Waals surface area contributed by atoms with Gasteiger partial charge in [-0.3, -0.25) is 9.59 Å².